The molecule has 0 atom stereocenters. The number of hydrogen-bond donors (Lipinski definition) is 0. The van der Waals surface area contributed by atoms with E-state index < -0.39 is 11.9 Å². The number of ether oxygens (including phenoxy) is 4. The molecule has 0 fully saturated rings. The Morgan fingerprint density at radius 2 is 1.56 bits per heavy atom. The lowest BCUT2D eigenvalue weighted by atomic mass is 10.0. The molecule has 1 heterocycles. The molecule has 0 aromatic heterocycles. The molecule has 34 heavy (non-hydrogen) atoms. The number of nitrogens with zero attached hydrogens (tertiary/aromatic N) is 1. The molecule has 4 rings (SSSR count). The van der Waals surface area contributed by atoms with Crippen molar-refractivity contribution < 1.29 is 28.5 Å². The Morgan fingerprint density at radius 3 is 2.29 bits per heavy atom. The molecule has 0 saturated heterocycles. The molecule has 0 N–H and O–H groups in total. The van der Waals surface area contributed by atoms with Gasteiger partial charge >= 0.3 is 11.9 Å². The summed E-state index contributed by atoms with van der Waals surface area (Å²) in [5.41, 5.74) is 3.84. The van der Waals surface area contributed by atoms with Crippen molar-refractivity contribution in [3.8, 4) is 16.9 Å². The van der Waals surface area contributed by atoms with Crippen LogP contribution >= 0.6 is 0 Å². The van der Waals surface area contributed by atoms with Gasteiger partial charge in [-0.3, -0.25) is 0 Å². The van der Waals surface area contributed by atoms with Crippen molar-refractivity contribution in [3.63, 3.8) is 0 Å². The van der Waals surface area contributed by atoms with E-state index in [1.54, 1.807) is 4.90 Å². The molecule has 1 aliphatic heterocycles. The number of rotatable bonds is 7. The van der Waals surface area contributed by atoms with Crippen LogP contribution in [0, 0.1) is 0 Å². The van der Waals surface area contributed by atoms with E-state index in [0.717, 1.165) is 22.4 Å². The summed E-state index contributed by atoms with van der Waals surface area (Å²) < 4.78 is 21.3. The summed E-state index contributed by atoms with van der Waals surface area (Å²) in [5.74, 6) is -0.522. The predicted octanol–water partition coefficient (Wildman–Crippen LogP) is 4.33. The first kappa shape index (κ1) is 23.1. The monoisotopic (exact) mass is 459 g/mol. The van der Waals surface area contributed by atoms with Crippen LogP contribution in [0.4, 0.5) is 5.69 Å². The van der Waals surface area contributed by atoms with E-state index >= 15 is 0 Å². The van der Waals surface area contributed by atoms with Crippen LogP contribution in [0.5, 0.6) is 5.75 Å². The minimum absolute atomic E-state index is 0.0336. The van der Waals surface area contributed by atoms with Gasteiger partial charge in [-0.1, -0.05) is 54.6 Å². The predicted molar refractivity (Wildman–Crippen MR) is 127 cm³/mol. The Morgan fingerprint density at radius 1 is 0.853 bits per heavy atom. The lowest BCUT2D eigenvalue weighted by molar-refractivity contribution is -0.140. The zero-order chi connectivity index (χ0) is 23.9. The van der Waals surface area contributed by atoms with Crippen molar-refractivity contribution >= 4 is 17.6 Å². The maximum Gasteiger partial charge on any atom is 0.355 e. The van der Waals surface area contributed by atoms with Gasteiger partial charge in [0.1, 0.15) is 24.8 Å². The number of anilines is 1. The third-order valence-corrected chi connectivity index (χ3v) is 5.41. The van der Waals surface area contributed by atoms with Crippen LogP contribution in [0.1, 0.15) is 5.56 Å². The topological polar surface area (TPSA) is 74.3 Å². The summed E-state index contributed by atoms with van der Waals surface area (Å²) in [6.45, 7) is 0.530. The Balaban J connectivity index is 1.63. The molecule has 0 spiro atoms. The molecule has 174 valence electrons. The quantitative estimate of drug-likeness (QED) is 0.487. The fourth-order valence-corrected chi connectivity index (χ4v) is 3.71. The Hall–Kier alpha value is -4.10. The first-order chi connectivity index (χ1) is 16.6. The minimum atomic E-state index is -0.635. The SMILES string of the molecule is COC(=O)C1=C(C(=O)OC)N(c2cccc(-c3cccc(OCc4ccccc4)c3)c2)COC1. The second-order valence-corrected chi connectivity index (χ2v) is 7.57. The smallest absolute Gasteiger partial charge is 0.355 e. The Kier molecular flexibility index (Phi) is 7.25. The summed E-state index contributed by atoms with van der Waals surface area (Å²) in [5, 5.41) is 0. The highest BCUT2D eigenvalue weighted by Crippen LogP contribution is 2.31. The van der Waals surface area contributed by atoms with Crippen molar-refractivity contribution in [1.82, 2.24) is 0 Å². The second-order valence-electron chi connectivity index (χ2n) is 7.57. The standard InChI is InChI=1S/C27H25NO6/c1-31-26(29)24-17-33-18-28(25(24)27(30)32-2)22-12-6-10-20(14-22)21-11-7-13-23(15-21)34-16-19-8-4-3-5-9-19/h3-15H,16-18H2,1-2H3. The maximum absolute atomic E-state index is 12.6. The third kappa shape index (κ3) is 5.10. The van der Waals surface area contributed by atoms with Crippen LogP contribution in [0.3, 0.4) is 0 Å². The van der Waals surface area contributed by atoms with E-state index in [-0.39, 0.29) is 24.6 Å². The minimum Gasteiger partial charge on any atom is -0.489 e. The normalized spacial score (nSPS) is 13.4. The average molecular weight is 459 g/mol. The number of methoxy groups -OCH3 is 2. The highest BCUT2D eigenvalue weighted by Gasteiger charge is 2.32. The molecule has 0 bridgehead atoms. The molecule has 7 nitrogen and oxygen atoms in total. The van der Waals surface area contributed by atoms with Gasteiger partial charge < -0.3 is 23.8 Å². The van der Waals surface area contributed by atoms with Crippen molar-refractivity contribution in [2.75, 3.05) is 32.5 Å². The maximum atomic E-state index is 12.6. The van der Waals surface area contributed by atoms with Gasteiger partial charge in [0.2, 0.25) is 0 Å². The van der Waals surface area contributed by atoms with Gasteiger partial charge in [0, 0.05) is 5.69 Å². The number of esters is 2. The van der Waals surface area contributed by atoms with E-state index in [2.05, 4.69) is 0 Å². The van der Waals surface area contributed by atoms with Gasteiger partial charge in [-0.05, 0) is 41.0 Å². The molecule has 0 unspecified atom stereocenters. The third-order valence-electron chi connectivity index (χ3n) is 5.41. The van der Waals surface area contributed by atoms with Crippen LogP contribution in [-0.2, 0) is 30.4 Å². The zero-order valence-electron chi connectivity index (χ0n) is 19.0. The fourth-order valence-electron chi connectivity index (χ4n) is 3.71. The Bertz CT molecular complexity index is 1200. The van der Waals surface area contributed by atoms with Crippen LogP contribution in [0.15, 0.2) is 90.1 Å². The van der Waals surface area contributed by atoms with Gasteiger partial charge in [0.15, 0.2) is 0 Å². The van der Waals surface area contributed by atoms with Gasteiger partial charge in [0.05, 0.1) is 26.4 Å². The molecule has 0 aliphatic carbocycles. The fraction of sp³-hybridized carbons (Fsp3) is 0.185. The summed E-state index contributed by atoms with van der Waals surface area (Å²) in [6.07, 6.45) is 0. The molecule has 1 aliphatic rings. The van der Waals surface area contributed by atoms with E-state index in [1.165, 1.54) is 14.2 Å². The molecule has 7 heteroatoms. The lowest BCUT2D eigenvalue weighted by Gasteiger charge is -2.31. The van der Waals surface area contributed by atoms with Gasteiger partial charge in [0.25, 0.3) is 0 Å². The van der Waals surface area contributed by atoms with Crippen LogP contribution in [0.25, 0.3) is 11.1 Å². The van der Waals surface area contributed by atoms with Gasteiger partial charge in [-0.25, -0.2) is 9.59 Å². The summed E-state index contributed by atoms with van der Waals surface area (Å²) in [7, 11) is 2.53. The number of benzene rings is 3. The molecular formula is C27H25NO6. The molecule has 3 aromatic rings. The second kappa shape index (κ2) is 10.7. The van der Waals surface area contributed by atoms with E-state index in [1.807, 2.05) is 78.9 Å². The number of carbonyl (C=O) groups is 2. The van der Waals surface area contributed by atoms with Crippen molar-refractivity contribution in [3.05, 3.63) is 95.7 Å². The molecule has 0 radical (unpaired) electrons. The average Bonchev–Trinajstić information content (AvgIpc) is 2.91. The summed E-state index contributed by atoms with van der Waals surface area (Å²) >= 11 is 0. The first-order valence-corrected chi connectivity index (χ1v) is 10.7. The molecular weight excluding hydrogens is 434 g/mol. The van der Waals surface area contributed by atoms with Crippen LogP contribution in [0.2, 0.25) is 0 Å². The summed E-state index contributed by atoms with van der Waals surface area (Å²) in [4.78, 5) is 26.4. The van der Waals surface area contributed by atoms with E-state index in [9.17, 15) is 9.59 Å². The largest absolute Gasteiger partial charge is 0.489 e. The van der Waals surface area contributed by atoms with Crippen LogP contribution < -0.4 is 9.64 Å². The van der Waals surface area contributed by atoms with E-state index in [0.29, 0.717) is 12.3 Å². The molecule has 3 aromatic carbocycles. The number of carbonyl (C=O) groups excluding carboxylic acids is 2. The van der Waals surface area contributed by atoms with E-state index in [4.69, 9.17) is 18.9 Å². The molecule has 0 amide bonds. The molecule has 0 saturated carbocycles. The highest BCUT2D eigenvalue weighted by atomic mass is 16.5. The van der Waals surface area contributed by atoms with Crippen molar-refractivity contribution in [2.24, 2.45) is 0 Å². The highest BCUT2D eigenvalue weighted by molar-refractivity contribution is 6.03. The zero-order valence-corrected chi connectivity index (χ0v) is 19.0. The summed E-state index contributed by atoms with van der Waals surface area (Å²) in [6, 6.07) is 25.4. The van der Waals surface area contributed by atoms with Crippen LogP contribution in [-0.4, -0.2) is 39.5 Å². The van der Waals surface area contributed by atoms with Crippen molar-refractivity contribution in [1.29, 1.82) is 0 Å². The van der Waals surface area contributed by atoms with Gasteiger partial charge in [-0.2, -0.15) is 0 Å². The van der Waals surface area contributed by atoms with Crippen molar-refractivity contribution in [2.45, 2.75) is 6.61 Å². The lowest BCUT2D eigenvalue weighted by Crippen LogP contribution is -2.38. The number of hydrogen-bond acceptors (Lipinski definition) is 7. The Labute approximate surface area is 198 Å². The first-order valence-electron chi connectivity index (χ1n) is 10.7. The van der Waals surface area contributed by atoms with Gasteiger partial charge in [-0.15, -0.1) is 0 Å².